The summed E-state index contributed by atoms with van der Waals surface area (Å²) >= 11 is 0. The molecule has 0 spiro atoms. The molecule has 2 aromatic rings. The number of benzene rings is 2. The lowest BCUT2D eigenvalue weighted by atomic mass is 10.0. The topological polar surface area (TPSA) is 64.6 Å². The van der Waals surface area contributed by atoms with Crippen molar-refractivity contribution in [3.8, 4) is 11.5 Å². The molecule has 0 bridgehead atoms. The maximum Gasteiger partial charge on any atom is 0.416 e. The Bertz CT molecular complexity index is 834. The molecular weight excluding hydrogens is 363 g/mol. The zero-order chi connectivity index (χ0) is 20.0. The van der Waals surface area contributed by atoms with Crippen molar-refractivity contribution >= 4 is 17.4 Å². The predicted octanol–water partition coefficient (Wildman–Crippen LogP) is 4.32. The molecule has 0 aliphatic heterocycles. The number of rotatable bonds is 7. The molecule has 0 saturated heterocycles. The first kappa shape index (κ1) is 20.3. The summed E-state index contributed by atoms with van der Waals surface area (Å²) in [5.41, 5.74) is -0.581. The average molecular weight is 381 g/mol. The molecule has 2 rings (SSSR count). The van der Waals surface area contributed by atoms with Gasteiger partial charge >= 0.3 is 6.18 Å². The van der Waals surface area contributed by atoms with Gasteiger partial charge in [0.25, 0.3) is 0 Å². The maximum absolute atomic E-state index is 12.7. The van der Waals surface area contributed by atoms with Gasteiger partial charge in [0.1, 0.15) is 11.5 Å². The minimum Gasteiger partial charge on any atom is -0.497 e. The van der Waals surface area contributed by atoms with Gasteiger partial charge in [-0.15, -0.1) is 0 Å². The van der Waals surface area contributed by atoms with E-state index in [1.54, 1.807) is 12.1 Å². The largest absolute Gasteiger partial charge is 0.497 e. The van der Waals surface area contributed by atoms with Crippen LogP contribution in [-0.2, 0) is 11.0 Å². The van der Waals surface area contributed by atoms with Gasteiger partial charge in [0.05, 0.1) is 25.3 Å². The molecule has 0 aliphatic carbocycles. The van der Waals surface area contributed by atoms with E-state index in [4.69, 9.17) is 9.47 Å². The highest BCUT2D eigenvalue weighted by Gasteiger charge is 2.30. The van der Waals surface area contributed by atoms with Crippen LogP contribution in [0.4, 0.5) is 18.9 Å². The zero-order valence-electron chi connectivity index (χ0n) is 14.7. The van der Waals surface area contributed by atoms with Crippen molar-refractivity contribution in [1.82, 2.24) is 0 Å². The van der Waals surface area contributed by atoms with Crippen LogP contribution < -0.4 is 14.8 Å². The fraction of sp³-hybridized carbons (Fsp3) is 0.263. The monoisotopic (exact) mass is 381 g/mol. The predicted molar refractivity (Wildman–Crippen MR) is 93.2 cm³/mol. The molecular formula is C19H18F3NO4. The fourth-order valence-electron chi connectivity index (χ4n) is 2.39. The molecule has 0 atom stereocenters. The number of ketones is 1. The van der Waals surface area contributed by atoms with E-state index in [9.17, 15) is 22.8 Å². The summed E-state index contributed by atoms with van der Waals surface area (Å²) in [6, 6.07) is 9.01. The number of methoxy groups -OCH3 is 2. The second kappa shape index (κ2) is 8.57. The van der Waals surface area contributed by atoms with Crippen LogP contribution in [0.3, 0.4) is 0 Å². The SMILES string of the molecule is COc1ccc(OC)c(C(=O)CCC(=O)Nc2cccc(C(F)(F)F)c2)c1. The third-order valence-electron chi connectivity index (χ3n) is 3.76. The van der Waals surface area contributed by atoms with Crippen LogP contribution in [0.2, 0.25) is 0 Å². The van der Waals surface area contributed by atoms with Crippen molar-refractivity contribution in [2.45, 2.75) is 19.0 Å². The van der Waals surface area contributed by atoms with E-state index < -0.39 is 17.6 Å². The number of anilines is 1. The number of hydrogen-bond acceptors (Lipinski definition) is 4. The number of carbonyl (C=O) groups is 2. The third-order valence-corrected chi connectivity index (χ3v) is 3.76. The lowest BCUT2D eigenvalue weighted by Crippen LogP contribution is -2.14. The van der Waals surface area contributed by atoms with Crippen LogP contribution >= 0.6 is 0 Å². The molecule has 0 fully saturated rings. The van der Waals surface area contributed by atoms with Gasteiger partial charge < -0.3 is 14.8 Å². The van der Waals surface area contributed by atoms with Gasteiger partial charge in [-0.05, 0) is 36.4 Å². The first-order chi connectivity index (χ1) is 12.7. The van der Waals surface area contributed by atoms with Crippen molar-refractivity contribution in [2.75, 3.05) is 19.5 Å². The first-order valence-corrected chi connectivity index (χ1v) is 7.97. The number of nitrogens with one attached hydrogen (secondary N) is 1. The van der Waals surface area contributed by atoms with Gasteiger partial charge in [0.2, 0.25) is 5.91 Å². The summed E-state index contributed by atoms with van der Waals surface area (Å²) in [5.74, 6) is -0.0962. The van der Waals surface area contributed by atoms with Crippen LogP contribution in [0.25, 0.3) is 0 Å². The zero-order valence-corrected chi connectivity index (χ0v) is 14.7. The van der Waals surface area contributed by atoms with Crippen LogP contribution in [0.1, 0.15) is 28.8 Å². The number of alkyl halides is 3. The number of Topliss-reactive ketones (excluding diaryl/α,β-unsaturated/α-hetero) is 1. The minimum atomic E-state index is -4.50. The Balaban J connectivity index is 2.01. The van der Waals surface area contributed by atoms with Gasteiger partial charge in [-0.3, -0.25) is 9.59 Å². The number of halogens is 3. The Labute approximate surface area is 154 Å². The average Bonchev–Trinajstić information content (AvgIpc) is 2.65. The standard InChI is InChI=1S/C19H18F3NO4/c1-26-14-6-8-17(27-2)15(11-14)16(24)7-9-18(25)23-13-5-3-4-12(10-13)19(20,21)22/h3-6,8,10-11H,7,9H2,1-2H3,(H,23,25). The van der Waals surface area contributed by atoms with E-state index in [0.717, 1.165) is 12.1 Å². The molecule has 2 aromatic carbocycles. The highest BCUT2D eigenvalue weighted by Crippen LogP contribution is 2.30. The van der Waals surface area contributed by atoms with Gasteiger partial charge in [-0.25, -0.2) is 0 Å². The minimum absolute atomic E-state index is 0.0150. The van der Waals surface area contributed by atoms with E-state index in [0.29, 0.717) is 11.5 Å². The normalized spacial score (nSPS) is 11.0. The van der Waals surface area contributed by atoms with Crippen molar-refractivity contribution < 1.29 is 32.2 Å². The summed E-state index contributed by atoms with van der Waals surface area (Å²) in [5, 5.41) is 2.37. The molecule has 1 amide bonds. The maximum atomic E-state index is 12.7. The van der Waals surface area contributed by atoms with Crippen LogP contribution in [0, 0.1) is 0 Å². The van der Waals surface area contributed by atoms with Crippen LogP contribution in [-0.4, -0.2) is 25.9 Å². The van der Waals surface area contributed by atoms with E-state index in [-0.39, 0.29) is 29.9 Å². The van der Waals surface area contributed by atoms with Crippen molar-refractivity contribution in [3.05, 3.63) is 53.6 Å². The Morgan fingerprint density at radius 3 is 2.37 bits per heavy atom. The summed E-state index contributed by atoms with van der Waals surface area (Å²) in [6.45, 7) is 0. The Morgan fingerprint density at radius 1 is 1.00 bits per heavy atom. The molecule has 0 heterocycles. The smallest absolute Gasteiger partial charge is 0.416 e. The Morgan fingerprint density at radius 2 is 1.74 bits per heavy atom. The Hall–Kier alpha value is -3.03. The second-order valence-electron chi connectivity index (χ2n) is 5.62. The van der Waals surface area contributed by atoms with Crippen LogP contribution in [0.15, 0.2) is 42.5 Å². The van der Waals surface area contributed by atoms with E-state index in [1.807, 2.05) is 0 Å². The molecule has 0 unspecified atom stereocenters. The van der Waals surface area contributed by atoms with Gasteiger partial charge in [0.15, 0.2) is 5.78 Å². The van der Waals surface area contributed by atoms with Crippen molar-refractivity contribution in [2.24, 2.45) is 0 Å². The molecule has 5 nitrogen and oxygen atoms in total. The summed E-state index contributed by atoms with van der Waals surface area (Å²) in [6.07, 6.45) is -4.82. The quantitative estimate of drug-likeness (QED) is 0.726. The second-order valence-corrected chi connectivity index (χ2v) is 5.62. The fourth-order valence-corrected chi connectivity index (χ4v) is 2.39. The highest BCUT2D eigenvalue weighted by molar-refractivity contribution is 6.02. The Kier molecular flexibility index (Phi) is 6.44. The molecule has 144 valence electrons. The molecule has 0 radical (unpaired) electrons. The third kappa shape index (κ3) is 5.47. The van der Waals surface area contributed by atoms with E-state index in [2.05, 4.69) is 5.32 Å². The number of amides is 1. The van der Waals surface area contributed by atoms with E-state index >= 15 is 0 Å². The molecule has 0 aromatic heterocycles. The lowest BCUT2D eigenvalue weighted by Gasteiger charge is -2.11. The lowest BCUT2D eigenvalue weighted by molar-refractivity contribution is -0.137. The number of hydrogen-bond donors (Lipinski definition) is 1. The van der Waals surface area contributed by atoms with E-state index in [1.165, 1.54) is 32.4 Å². The van der Waals surface area contributed by atoms with Gasteiger partial charge in [0, 0.05) is 18.5 Å². The molecule has 27 heavy (non-hydrogen) atoms. The molecule has 1 N–H and O–H groups in total. The van der Waals surface area contributed by atoms with Crippen LogP contribution in [0.5, 0.6) is 11.5 Å². The molecule has 8 heteroatoms. The highest BCUT2D eigenvalue weighted by atomic mass is 19.4. The first-order valence-electron chi connectivity index (χ1n) is 7.97. The number of ether oxygens (including phenoxy) is 2. The summed E-state index contributed by atoms with van der Waals surface area (Å²) in [7, 11) is 2.87. The summed E-state index contributed by atoms with van der Waals surface area (Å²) in [4.78, 5) is 24.4. The molecule has 0 aliphatic rings. The van der Waals surface area contributed by atoms with Crippen molar-refractivity contribution in [3.63, 3.8) is 0 Å². The molecule has 0 saturated carbocycles. The van der Waals surface area contributed by atoms with Gasteiger partial charge in [-0.2, -0.15) is 13.2 Å². The summed E-state index contributed by atoms with van der Waals surface area (Å²) < 4.78 is 48.3. The van der Waals surface area contributed by atoms with Crippen molar-refractivity contribution in [1.29, 1.82) is 0 Å². The van der Waals surface area contributed by atoms with Gasteiger partial charge in [-0.1, -0.05) is 6.07 Å². The number of carbonyl (C=O) groups excluding carboxylic acids is 2.